The van der Waals surface area contributed by atoms with E-state index in [0.717, 1.165) is 55.7 Å². The Morgan fingerprint density at radius 3 is 3.00 bits per heavy atom. The first-order chi connectivity index (χ1) is 13.3. The first kappa shape index (κ1) is 19.9. The summed E-state index contributed by atoms with van der Waals surface area (Å²) in [5.74, 6) is -0.850. The molecule has 152 valence electrons. The number of anilines is 2. The second-order valence-corrected chi connectivity index (χ2v) is 10.4. The van der Waals surface area contributed by atoms with Gasteiger partial charge >= 0.3 is 0 Å². The zero-order chi connectivity index (χ0) is 19.9. The highest BCUT2D eigenvalue weighted by Crippen LogP contribution is 2.42. The molecule has 0 bridgehead atoms. The number of benzene rings is 1. The summed E-state index contributed by atoms with van der Waals surface area (Å²) in [6.45, 7) is 4.00. The van der Waals surface area contributed by atoms with Crippen molar-refractivity contribution in [2.75, 3.05) is 23.1 Å². The molecule has 3 heterocycles. The number of hydrogen-bond acceptors (Lipinski definition) is 6. The van der Waals surface area contributed by atoms with Crippen molar-refractivity contribution in [1.82, 2.24) is 9.88 Å². The third-order valence-electron chi connectivity index (χ3n) is 5.78. The predicted octanol–water partition coefficient (Wildman–Crippen LogP) is 4.17. The number of thiazole rings is 1. The van der Waals surface area contributed by atoms with E-state index in [1.807, 2.05) is 0 Å². The molecule has 0 spiro atoms. The molecule has 2 aliphatic rings. The molecule has 4 rings (SSSR count). The number of aromatic nitrogens is 1. The molecule has 0 radical (unpaired) electrons. The van der Waals surface area contributed by atoms with Crippen LogP contribution in [0.3, 0.4) is 0 Å². The molecule has 28 heavy (non-hydrogen) atoms. The van der Waals surface area contributed by atoms with E-state index in [1.165, 1.54) is 6.20 Å². The normalized spacial score (nSPS) is 25.0. The van der Waals surface area contributed by atoms with Crippen LogP contribution in [0.15, 0.2) is 28.6 Å². The molecule has 10 heteroatoms. The molecule has 2 saturated heterocycles. The minimum Gasteiger partial charge on any atom is -0.382 e. The van der Waals surface area contributed by atoms with Crippen molar-refractivity contribution in [3.8, 4) is 0 Å². The second-order valence-electron chi connectivity index (χ2n) is 7.47. The zero-order valence-corrected chi connectivity index (χ0v) is 17.8. The van der Waals surface area contributed by atoms with Gasteiger partial charge in [-0.2, -0.15) is 0 Å². The second kappa shape index (κ2) is 7.44. The molecule has 0 saturated carbocycles. The largest absolute Gasteiger partial charge is 0.382 e. The molecule has 6 nitrogen and oxygen atoms in total. The number of hydrogen-bond donors (Lipinski definition) is 2. The molecule has 1 aromatic carbocycles. The summed E-state index contributed by atoms with van der Waals surface area (Å²) < 4.78 is 41.8. The summed E-state index contributed by atoms with van der Waals surface area (Å²) in [5, 5.41) is 5.24. The van der Waals surface area contributed by atoms with Crippen molar-refractivity contribution < 1.29 is 12.8 Å². The Kier molecular flexibility index (Phi) is 5.28. The van der Waals surface area contributed by atoms with Crippen LogP contribution in [-0.2, 0) is 10.0 Å². The van der Waals surface area contributed by atoms with Crippen LogP contribution in [0.5, 0.6) is 0 Å². The van der Waals surface area contributed by atoms with E-state index >= 15 is 0 Å². The fraction of sp³-hybridized carbons (Fsp3) is 0.500. The van der Waals surface area contributed by atoms with Gasteiger partial charge in [0.1, 0.15) is 10.7 Å². The van der Waals surface area contributed by atoms with E-state index in [-0.39, 0.29) is 15.7 Å². The van der Waals surface area contributed by atoms with E-state index in [0.29, 0.717) is 18.3 Å². The van der Waals surface area contributed by atoms with Gasteiger partial charge in [0.05, 0.1) is 10.7 Å². The topological polar surface area (TPSA) is 74.3 Å². The van der Waals surface area contributed by atoms with Gasteiger partial charge in [0.2, 0.25) is 0 Å². The number of sulfonamides is 1. The summed E-state index contributed by atoms with van der Waals surface area (Å²) in [6, 6.07) is 2.87. The van der Waals surface area contributed by atoms with E-state index in [4.69, 9.17) is 11.6 Å². The van der Waals surface area contributed by atoms with Gasteiger partial charge < -0.3 is 5.32 Å². The lowest BCUT2D eigenvalue weighted by Crippen LogP contribution is -2.46. The maximum absolute atomic E-state index is 14.6. The van der Waals surface area contributed by atoms with Crippen molar-refractivity contribution in [2.45, 2.75) is 49.1 Å². The number of fused-ring (bicyclic) bond motifs is 1. The van der Waals surface area contributed by atoms with Gasteiger partial charge in [0, 0.05) is 29.7 Å². The minimum absolute atomic E-state index is 0.0797. The van der Waals surface area contributed by atoms with Gasteiger partial charge in [-0.05, 0) is 51.3 Å². The minimum atomic E-state index is -4.10. The average molecular weight is 445 g/mol. The highest BCUT2D eigenvalue weighted by atomic mass is 35.5. The molecule has 0 amide bonds. The van der Waals surface area contributed by atoms with Gasteiger partial charge in [-0.1, -0.05) is 11.6 Å². The van der Waals surface area contributed by atoms with Crippen LogP contribution in [0.1, 0.15) is 32.6 Å². The van der Waals surface area contributed by atoms with E-state index in [9.17, 15) is 12.8 Å². The first-order valence-electron chi connectivity index (χ1n) is 9.23. The van der Waals surface area contributed by atoms with Gasteiger partial charge in [0.15, 0.2) is 5.13 Å². The maximum atomic E-state index is 14.6. The molecular formula is C18H22ClFN4O2S2. The number of halogens is 2. The van der Waals surface area contributed by atoms with Crippen molar-refractivity contribution in [3.63, 3.8) is 0 Å². The lowest BCUT2D eigenvalue weighted by atomic mass is 9.94. The van der Waals surface area contributed by atoms with Gasteiger partial charge in [0.25, 0.3) is 10.0 Å². The third kappa shape index (κ3) is 3.60. The summed E-state index contributed by atoms with van der Waals surface area (Å²) in [7, 11) is -4.10. The highest BCUT2D eigenvalue weighted by molar-refractivity contribution is 7.93. The molecule has 2 aliphatic heterocycles. The Morgan fingerprint density at radius 1 is 1.43 bits per heavy atom. The summed E-state index contributed by atoms with van der Waals surface area (Å²) in [6.07, 6.45) is 5.99. The van der Waals surface area contributed by atoms with Gasteiger partial charge in [-0.15, -0.1) is 11.3 Å². The van der Waals surface area contributed by atoms with Crippen LogP contribution in [0.4, 0.5) is 15.2 Å². The Balaban J connectivity index is 1.53. The fourth-order valence-corrected chi connectivity index (χ4v) is 6.57. The Morgan fingerprint density at radius 2 is 2.25 bits per heavy atom. The van der Waals surface area contributed by atoms with Crippen LogP contribution in [0.25, 0.3) is 0 Å². The summed E-state index contributed by atoms with van der Waals surface area (Å²) in [5.41, 5.74) is 0.490. The average Bonchev–Trinajstić information content (AvgIpc) is 3.35. The van der Waals surface area contributed by atoms with Crippen LogP contribution in [-0.4, -0.2) is 43.0 Å². The van der Waals surface area contributed by atoms with Gasteiger partial charge in [-0.25, -0.2) is 17.8 Å². The Hall–Kier alpha value is -1.42. The monoisotopic (exact) mass is 444 g/mol. The zero-order valence-electron chi connectivity index (χ0n) is 15.4. The SMILES string of the molecule is CC1CCC2(CNc3cc(F)c(S(=O)(=O)Nc4nccs4)cc3Cl)CCCN12. The molecule has 2 N–H and O–H groups in total. The lowest BCUT2D eigenvalue weighted by Gasteiger charge is -2.34. The van der Waals surface area contributed by atoms with Crippen LogP contribution in [0, 0.1) is 5.82 Å². The van der Waals surface area contributed by atoms with Crippen molar-refractivity contribution in [3.05, 3.63) is 34.5 Å². The highest BCUT2D eigenvalue weighted by Gasteiger charge is 2.47. The summed E-state index contributed by atoms with van der Waals surface area (Å²) >= 11 is 7.41. The number of nitrogens with zero attached hydrogens (tertiary/aromatic N) is 2. The van der Waals surface area contributed by atoms with Crippen molar-refractivity contribution in [1.29, 1.82) is 0 Å². The fourth-order valence-electron chi connectivity index (χ4n) is 4.40. The lowest BCUT2D eigenvalue weighted by molar-refractivity contribution is 0.170. The summed E-state index contributed by atoms with van der Waals surface area (Å²) in [4.78, 5) is 5.90. The Labute approximate surface area is 173 Å². The maximum Gasteiger partial charge on any atom is 0.266 e. The number of nitrogens with one attached hydrogen (secondary N) is 2. The van der Waals surface area contributed by atoms with Crippen LogP contribution >= 0.6 is 22.9 Å². The van der Waals surface area contributed by atoms with Crippen LogP contribution in [0.2, 0.25) is 5.02 Å². The predicted molar refractivity (Wildman–Crippen MR) is 110 cm³/mol. The first-order valence-corrected chi connectivity index (χ1v) is 12.0. The molecular weight excluding hydrogens is 423 g/mol. The number of rotatable bonds is 6. The van der Waals surface area contributed by atoms with Crippen molar-refractivity contribution >= 4 is 43.8 Å². The van der Waals surface area contributed by atoms with Gasteiger partial charge in [-0.3, -0.25) is 9.62 Å². The third-order valence-corrected chi connectivity index (χ3v) is 8.27. The molecule has 2 atom stereocenters. The molecule has 2 unspecified atom stereocenters. The van der Waals surface area contributed by atoms with E-state index < -0.39 is 20.7 Å². The van der Waals surface area contributed by atoms with Crippen molar-refractivity contribution in [2.24, 2.45) is 0 Å². The van der Waals surface area contributed by atoms with E-state index in [2.05, 4.69) is 26.8 Å². The molecule has 2 fully saturated rings. The smallest absolute Gasteiger partial charge is 0.266 e. The quantitative estimate of drug-likeness (QED) is 0.699. The molecule has 2 aromatic rings. The van der Waals surface area contributed by atoms with E-state index in [1.54, 1.807) is 5.38 Å². The molecule has 1 aromatic heterocycles. The van der Waals surface area contributed by atoms with Crippen LogP contribution < -0.4 is 10.0 Å². The Bertz CT molecular complexity index is 970. The standard InChI is InChI=1S/C18H22ClFN4O2S2/c1-12-3-5-18(4-2-7-24(12)18)11-22-15-10-14(20)16(9-13(15)19)28(25,26)23-17-21-6-8-27-17/h6,8-10,12,22H,2-5,7,11H2,1H3,(H,21,23). The molecule has 0 aliphatic carbocycles.